The minimum absolute atomic E-state index is 0.193. The first kappa shape index (κ1) is 18.6. The Kier molecular flexibility index (Phi) is 5.16. The quantitative estimate of drug-likeness (QED) is 0.485. The second kappa shape index (κ2) is 8.06. The van der Waals surface area contributed by atoms with Gasteiger partial charge in [-0.2, -0.15) is 0 Å². The van der Waals surface area contributed by atoms with Crippen LogP contribution in [0.5, 0.6) is 17.2 Å². The van der Waals surface area contributed by atoms with E-state index in [1.54, 1.807) is 7.11 Å². The smallest absolute Gasteiger partial charge is 0.407 e. The third kappa shape index (κ3) is 3.78. The summed E-state index contributed by atoms with van der Waals surface area (Å²) in [4.78, 5) is 16.0. The van der Waals surface area contributed by atoms with Gasteiger partial charge in [0.15, 0.2) is 0 Å². The van der Waals surface area contributed by atoms with Crippen molar-refractivity contribution in [2.75, 3.05) is 14.2 Å². The van der Waals surface area contributed by atoms with Crippen LogP contribution in [0, 0.1) is 0 Å². The Morgan fingerprint density at radius 3 is 2.48 bits per heavy atom. The first-order valence-corrected chi connectivity index (χ1v) is 9.16. The summed E-state index contributed by atoms with van der Waals surface area (Å²) in [6, 6.07) is 21.1. The third-order valence-corrected chi connectivity index (χ3v) is 4.56. The Morgan fingerprint density at radius 2 is 1.72 bits per heavy atom. The number of carbonyl (C=O) groups is 1. The molecule has 0 fully saturated rings. The highest BCUT2D eigenvalue weighted by Gasteiger charge is 2.14. The zero-order valence-corrected chi connectivity index (χ0v) is 16.1. The van der Waals surface area contributed by atoms with Crippen LogP contribution in [0.15, 0.2) is 66.7 Å². The van der Waals surface area contributed by atoms with Crippen molar-refractivity contribution < 1.29 is 19.0 Å². The summed E-state index contributed by atoms with van der Waals surface area (Å²) < 4.78 is 16.8. The number of methoxy groups -OCH3 is 1. The van der Waals surface area contributed by atoms with E-state index < -0.39 is 6.09 Å². The molecule has 0 aliphatic rings. The maximum absolute atomic E-state index is 11.2. The number of ether oxygens (including phenoxy) is 3. The van der Waals surface area contributed by atoms with Crippen LogP contribution in [0.2, 0.25) is 0 Å². The van der Waals surface area contributed by atoms with E-state index in [2.05, 4.69) is 5.32 Å². The summed E-state index contributed by atoms with van der Waals surface area (Å²) in [5, 5.41) is 4.21. The fourth-order valence-electron chi connectivity index (χ4n) is 3.12. The average Bonchev–Trinajstić information content (AvgIpc) is 2.77. The van der Waals surface area contributed by atoms with Gasteiger partial charge in [-0.25, -0.2) is 9.78 Å². The van der Waals surface area contributed by atoms with Crippen molar-refractivity contribution in [1.29, 1.82) is 0 Å². The van der Waals surface area contributed by atoms with Gasteiger partial charge in [0, 0.05) is 17.8 Å². The Labute approximate surface area is 168 Å². The number of hydrogen-bond acceptors (Lipinski definition) is 5. The zero-order valence-electron chi connectivity index (χ0n) is 16.1. The topological polar surface area (TPSA) is 69.7 Å². The van der Waals surface area contributed by atoms with Crippen LogP contribution in [-0.2, 0) is 11.3 Å². The molecule has 0 radical (unpaired) electrons. The van der Waals surface area contributed by atoms with E-state index in [1.807, 2.05) is 66.7 Å². The Balaban J connectivity index is 1.72. The van der Waals surface area contributed by atoms with Crippen molar-refractivity contribution in [3.05, 3.63) is 72.3 Å². The second-order valence-corrected chi connectivity index (χ2v) is 6.39. The molecule has 0 saturated carbocycles. The molecule has 3 aromatic carbocycles. The average molecular weight is 388 g/mol. The van der Waals surface area contributed by atoms with Crippen molar-refractivity contribution in [2.24, 2.45) is 0 Å². The lowest BCUT2D eigenvalue weighted by atomic mass is 10.1. The highest BCUT2D eigenvalue weighted by Crippen LogP contribution is 2.39. The summed E-state index contributed by atoms with van der Waals surface area (Å²) in [6.07, 6.45) is -0.464. The highest BCUT2D eigenvalue weighted by molar-refractivity contribution is 6.03. The van der Waals surface area contributed by atoms with E-state index >= 15 is 0 Å². The van der Waals surface area contributed by atoms with Crippen LogP contribution < -0.4 is 14.8 Å². The molecule has 1 aromatic heterocycles. The van der Waals surface area contributed by atoms with Gasteiger partial charge in [0.25, 0.3) is 0 Å². The number of hydrogen-bond donors (Lipinski definition) is 1. The lowest BCUT2D eigenvalue weighted by Gasteiger charge is -2.14. The maximum atomic E-state index is 11.2. The molecule has 0 atom stereocenters. The van der Waals surface area contributed by atoms with Gasteiger partial charge in [-0.3, -0.25) is 0 Å². The molecule has 1 heterocycles. The normalized spacial score (nSPS) is 10.7. The highest BCUT2D eigenvalue weighted by atomic mass is 16.5. The molecule has 6 heteroatoms. The standard InChI is InChI=1S/C23H20N2O4/c1-24-23(26)28-14-15-10-12-16(13-11-15)29-22-17-6-3-4-8-19(17)25-21-18(22)7-5-9-20(21)27-2/h3-13H,14H2,1-2H3,(H,24,26). The van der Waals surface area contributed by atoms with E-state index in [-0.39, 0.29) is 6.61 Å². The predicted molar refractivity (Wildman–Crippen MR) is 112 cm³/mol. The molecule has 1 N–H and O–H groups in total. The summed E-state index contributed by atoms with van der Waals surface area (Å²) in [7, 11) is 3.16. The molecule has 0 aliphatic carbocycles. The van der Waals surface area contributed by atoms with Crippen molar-refractivity contribution in [2.45, 2.75) is 6.61 Å². The number of amides is 1. The van der Waals surface area contributed by atoms with Crippen LogP contribution in [0.25, 0.3) is 21.8 Å². The number of nitrogens with zero attached hydrogens (tertiary/aromatic N) is 1. The zero-order chi connectivity index (χ0) is 20.2. The second-order valence-electron chi connectivity index (χ2n) is 6.39. The third-order valence-electron chi connectivity index (χ3n) is 4.56. The maximum Gasteiger partial charge on any atom is 0.407 e. The molecular weight excluding hydrogens is 368 g/mol. The monoisotopic (exact) mass is 388 g/mol. The van der Waals surface area contributed by atoms with Gasteiger partial charge >= 0.3 is 6.09 Å². The van der Waals surface area contributed by atoms with Crippen molar-refractivity contribution >= 4 is 27.9 Å². The Bertz CT molecular complexity index is 1170. The molecule has 0 unspecified atom stereocenters. The Hall–Kier alpha value is -3.80. The summed E-state index contributed by atoms with van der Waals surface area (Å²) in [6.45, 7) is 0.193. The molecule has 0 bridgehead atoms. The largest absolute Gasteiger partial charge is 0.494 e. The van der Waals surface area contributed by atoms with E-state index in [1.165, 1.54) is 7.05 Å². The molecule has 0 spiro atoms. The molecule has 0 aliphatic heterocycles. The minimum atomic E-state index is -0.464. The first-order chi connectivity index (χ1) is 14.2. The SMILES string of the molecule is CNC(=O)OCc1ccc(Oc2c3ccccc3nc3c(OC)cccc23)cc1. The van der Waals surface area contributed by atoms with E-state index in [0.29, 0.717) is 11.5 Å². The van der Waals surface area contributed by atoms with Gasteiger partial charge in [0.2, 0.25) is 0 Å². The Morgan fingerprint density at radius 1 is 0.966 bits per heavy atom. The van der Waals surface area contributed by atoms with Crippen LogP contribution >= 0.6 is 0 Å². The van der Waals surface area contributed by atoms with Gasteiger partial charge in [-0.15, -0.1) is 0 Å². The van der Waals surface area contributed by atoms with Gasteiger partial charge in [-0.05, 0) is 42.0 Å². The lowest BCUT2D eigenvalue weighted by molar-refractivity contribution is 0.142. The molecular formula is C23H20N2O4. The first-order valence-electron chi connectivity index (χ1n) is 9.16. The van der Waals surface area contributed by atoms with Gasteiger partial charge in [0.05, 0.1) is 12.6 Å². The van der Waals surface area contributed by atoms with E-state index in [4.69, 9.17) is 19.2 Å². The summed E-state index contributed by atoms with van der Waals surface area (Å²) in [5.74, 6) is 2.09. The van der Waals surface area contributed by atoms with Crippen molar-refractivity contribution in [3.63, 3.8) is 0 Å². The fourth-order valence-corrected chi connectivity index (χ4v) is 3.12. The molecule has 6 nitrogen and oxygen atoms in total. The number of rotatable bonds is 5. The minimum Gasteiger partial charge on any atom is -0.494 e. The fraction of sp³-hybridized carbons (Fsp3) is 0.130. The summed E-state index contributed by atoms with van der Waals surface area (Å²) >= 11 is 0. The number of para-hydroxylation sites is 2. The van der Waals surface area contributed by atoms with Crippen molar-refractivity contribution in [1.82, 2.24) is 10.3 Å². The number of nitrogens with one attached hydrogen (secondary N) is 1. The van der Waals surface area contributed by atoms with E-state index in [9.17, 15) is 4.79 Å². The predicted octanol–water partition coefficient (Wildman–Crippen LogP) is 5.04. The van der Waals surface area contributed by atoms with Crippen LogP contribution in [0.4, 0.5) is 4.79 Å². The lowest BCUT2D eigenvalue weighted by Crippen LogP contribution is -2.18. The molecule has 4 rings (SSSR count). The number of alkyl carbamates (subject to hydrolysis) is 1. The molecule has 4 aromatic rings. The molecule has 0 saturated heterocycles. The van der Waals surface area contributed by atoms with Crippen LogP contribution in [0.3, 0.4) is 0 Å². The number of fused-ring (bicyclic) bond motifs is 2. The molecule has 29 heavy (non-hydrogen) atoms. The number of benzene rings is 3. The molecule has 1 amide bonds. The number of carbonyl (C=O) groups excluding carboxylic acids is 1. The number of aromatic nitrogens is 1. The van der Waals surface area contributed by atoms with Crippen LogP contribution in [0.1, 0.15) is 5.56 Å². The summed E-state index contributed by atoms with van der Waals surface area (Å²) in [5.41, 5.74) is 2.45. The van der Waals surface area contributed by atoms with Gasteiger partial charge in [-0.1, -0.05) is 30.3 Å². The van der Waals surface area contributed by atoms with Gasteiger partial charge in [0.1, 0.15) is 29.4 Å². The number of pyridine rings is 1. The van der Waals surface area contributed by atoms with Crippen LogP contribution in [-0.4, -0.2) is 25.2 Å². The van der Waals surface area contributed by atoms with E-state index in [0.717, 1.165) is 33.1 Å². The van der Waals surface area contributed by atoms with Gasteiger partial charge < -0.3 is 19.5 Å². The molecule has 146 valence electrons. The van der Waals surface area contributed by atoms with Crippen molar-refractivity contribution in [3.8, 4) is 17.2 Å².